The van der Waals surface area contributed by atoms with E-state index >= 15 is 0 Å². The fourth-order valence-electron chi connectivity index (χ4n) is 3.11. The van der Waals surface area contributed by atoms with Crippen molar-refractivity contribution >= 4 is 23.5 Å². The van der Waals surface area contributed by atoms with E-state index < -0.39 is 5.97 Å². The van der Waals surface area contributed by atoms with E-state index in [-0.39, 0.29) is 12.3 Å². The second-order valence-corrected chi connectivity index (χ2v) is 6.70. The lowest BCUT2D eigenvalue weighted by molar-refractivity contribution is -0.137. The molecule has 1 aliphatic heterocycles. The van der Waals surface area contributed by atoms with Crippen LogP contribution in [0.3, 0.4) is 0 Å². The Hall–Kier alpha value is -1.55. The van der Waals surface area contributed by atoms with E-state index in [1.54, 1.807) is 0 Å². The van der Waals surface area contributed by atoms with Gasteiger partial charge in [0, 0.05) is 31.0 Å². The topological polar surface area (TPSA) is 57.6 Å². The number of amides is 1. The molecule has 0 bridgehead atoms. The molecular weight excluding hydrogens is 314 g/mol. The van der Waals surface area contributed by atoms with Crippen molar-refractivity contribution in [1.82, 2.24) is 4.90 Å². The molecule has 1 fully saturated rings. The minimum absolute atomic E-state index is 0.194. The number of carbonyl (C=O) groups is 2. The Labute approximate surface area is 142 Å². The molecular formula is C18H24ClNO3. The van der Waals surface area contributed by atoms with Crippen molar-refractivity contribution in [2.24, 2.45) is 5.92 Å². The molecule has 1 heterocycles. The van der Waals surface area contributed by atoms with Crippen LogP contribution in [0.2, 0.25) is 5.02 Å². The number of carbonyl (C=O) groups excluding carboxylic acids is 1. The summed E-state index contributed by atoms with van der Waals surface area (Å²) in [4.78, 5) is 24.9. The molecule has 0 saturated carbocycles. The maximum atomic E-state index is 12.3. The molecule has 126 valence electrons. The van der Waals surface area contributed by atoms with Crippen LogP contribution in [0.25, 0.3) is 0 Å². The molecule has 0 aliphatic carbocycles. The summed E-state index contributed by atoms with van der Waals surface area (Å²) >= 11 is 5.86. The highest BCUT2D eigenvalue weighted by atomic mass is 35.5. The summed E-state index contributed by atoms with van der Waals surface area (Å²) in [6.07, 6.45) is 5.13. The Kier molecular flexibility index (Phi) is 6.90. The zero-order chi connectivity index (χ0) is 16.7. The molecule has 0 radical (unpaired) electrons. The highest BCUT2D eigenvalue weighted by molar-refractivity contribution is 6.30. The van der Waals surface area contributed by atoms with Crippen molar-refractivity contribution < 1.29 is 14.7 Å². The lowest BCUT2D eigenvalue weighted by Gasteiger charge is -2.32. The largest absolute Gasteiger partial charge is 0.481 e. The quantitative estimate of drug-likeness (QED) is 0.824. The van der Waals surface area contributed by atoms with Crippen LogP contribution in [-0.2, 0) is 16.0 Å². The van der Waals surface area contributed by atoms with Crippen LogP contribution < -0.4 is 0 Å². The molecule has 1 aromatic rings. The maximum absolute atomic E-state index is 12.3. The lowest BCUT2D eigenvalue weighted by atomic mass is 9.93. The third-order valence-corrected chi connectivity index (χ3v) is 4.66. The Morgan fingerprint density at radius 1 is 1.22 bits per heavy atom. The van der Waals surface area contributed by atoms with E-state index in [1.165, 1.54) is 5.56 Å². The fourth-order valence-corrected chi connectivity index (χ4v) is 3.23. The summed E-state index contributed by atoms with van der Waals surface area (Å²) in [7, 11) is 0. The van der Waals surface area contributed by atoms with Crippen LogP contribution in [0.4, 0.5) is 0 Å². The summed E-state index contributed by atoms with van der Waals surface area (Å²) < 4.78 is 0. The van der Waals surface area contributed by atoms with E-state index in [9.17, 15) is 9.59 Å². The number of aryl methyl sites for hydroxylation is 1. The molecule has 1 unspecified atom stereocenters. The summed E-state index contributed by atoms with van der Waals surface area (Å²) in [6, 6.07) is 7.73. The van der Waals surface area contributed by atoms with E-state index in [1.807, 2.05) is 29.2 Å². The van der Waals surface area contributed by atoms with Crippen molar-refractivity contribution in [3.63, 3.8) is 0 Å². The zero-order valence-electron chi connectivity index (χ0n) is 13.3. The highest BCUT2D eigenvalue weighted by Crippen LogP contribution is 2.22. The van der Waals surface area contributed by atoms with Gasteiger partial charge in [-0.3, -0.25) is 9.59 Å². The summed E-state index contributed by atoms with van der Waals surface area (Å²) in [5.41, 5.74) is 1.19. The molecule has 1 aromatic carbocycles. The zero-order valence-corrected chi connectivity index (χ0v) is 14.1. The monoisotopic (exact) mass is 337 g/mol. The number of likely N-dealkylation sites (tertiary alicyclic amines) is 1. The Morgan fingerprint density at radius 3 is 2.65 bits per heavy atom. The smallest absolute Gasteiger partial charge is 0.303 e. The van der Waals surface area contributed by atoms with Gasteiger partial charge >= 0.3 is 5.97 Å². The Morgan fingerprint density at radius 2 is 1.96 bits per heavy atom. The van der Waals surface area contributed by atoms with Gasteiger partial charge in [-0.15, -0.1) is 0 Å². The maximum Gasteiger partial charge on any atom is 0.303 e. The normalized spacial score (nSPS) is 18.0. The Bertz CT molecular complexity index is 530. The number of carboxylic acid groups (broad SMARTS) is 1. The number of rotatable bonds is 7. The molecule has 0 spiro atoms. The van der Waals surface area contributed by atoms with E-state index in [0.717, 1.165) is 37.3 Å². The van der Waals surface area contributed by atoms with E-state index in [2.05, 4.69) is 0 Å². The predicted octanol–water partition coefficient (Wildman–Crippen LogP) is 3.77. The molecule has 23 heavy (non-hydrogen) atoms. The van der Waals surface area contributed by atoms with Gasteiger partial charge in [0.1, 0.15) is 0 Å². The first-order chi connectivity index (χ1) is 11.0. The van der Waals surface area contributed by atoms with Crippen molar-refractivity contribution in [2.75, 3.05) is 13.1 Å². The van der Waals surface area contributed by atoms with Crippen molar-refractivity contribution in [3.05, 3.63) is 34.9 Å². The molecule has 2 rings (SSSR count). The average molecular weight is 338 g/mol. The van der Waals surface area contributed by atoms with Crippen molar-refractivity contribution in [1.29, 1.82) is 0 Å². The number of benzene rings is 1. The van der Waals surface area contributed by atoms with Gasteiger partial charge in [0.25, 0.3) is 0 Å². The molecule has 1 amide bonds. The molecule has 0 aromatic heterocycles. The van der Waals surface area contributed by atoms with Crippen LogP contribution in [0.15, 0.2) is 24.3 Å². The van der Waals surface area contributed by atoms with Gasteiger partial charge in [-0.25, -0.2) is 0 Å². The van der Waals surface area contributed by atoms with Gasteiger partial charge in [0.15, 0.2) is 0 Å². The van der Waals surface area contributed by atoms with Crippen LogP contribution >= 0.6 is 11.6 Å². The second-order valence-electron chi connectivity index (χ2n) is 6.26. The number of carboxylic acids is 1. The summed E-state index contributed by atoms with van der Waals surface area (Å²) in [5.74, 6) is -0.226. The van der Waals surface area contributed by atoms with Crippen molar-refractivity contribution in [2.45, 2.75) is 44.9 Å². The van der Waals surface area contributed by atoms with Gasteiger partial charge in [-0.05, 0) is 55.7 Å². The number of halogens is 1. The van der Waals surface area contributed by atoms with Crippen LogP contribution in [0, 0.1) is 5.92 Å². The predicted molar refractivity (Wildman–Crippen MR) is 90.6 cm³/mol. The molecule has 4 nitrogen and oxygen atoms in total. The van der Waals surface area contributed by atoms with E-state index in [4.69, 9.17) is 16.7 Å². The fraction of sp³-hybridized carbons (Fsp3) is 0.556. The lowest BCUT2D eigenvalue weighted by Crippen LogP contribution is -2.40. The molecule has 1 saturated heterocycles. The second kappa shape index (κ2) is 8.92. The van der Waals surface area contributed by atoms with Gasteiger partial charge in [0.05, 0.1) is 0 Å². The standard InChI is InChI=1S/C18H24ClNO3/c19-16-9-6-14(7-10-16)3-1-5-17(21)20-12-2-4-15(13-20)8-11-18(22)23/h6-7,9-10,15H,1-5,8,11-13H2,(H,22,23). The highest BCUT2D eigenvalue weighted by Gasteiger charge is 2.23. The number of hydrogen-bond donors (Lipinski definition) is 1. The van der Waals surface area contributed by atoms with Crippen molar-refractivity contribution in [3.8, 4) is 0 Å². The van der Waals surface area contributed by atoms with Gasteiger partial charge in [-0.1, -0.05) is 23.7 Å². The molecule has 1 atom stereocenters. The van der Waals surface area contributed by atoms with Gasteiger partial charge in [0.2, 0.25) is 5.91 Å². The third kappa shape index (κ3) is 6.22. The van der Waals surface area contributed by atoms with Gasteiger partial charge in [-0.2, -0.15) is 0 Å². The number of nitrogens with zero attached hydrogens (tertiary/aromatic N) is 1. The number of hydrogen-bond acceptors (Lipinski definition) is 2. The first-order valence-corrected chi connectivity index (χ1v) is 8.66. The minimum atomic E-state index is -0.753. The SMILES string of the molecule is O=C(O)CCC1CCCN(C(=O)CCCc2ccc(Cl)cc2)C1. The summed E-state index contributed by atoms with van der Waals surface area (Å²) in [6.45, 7) is 1.52. The van der Waals surface area contributed by atoms with Crippen LogP contribution in [0.5, 0.6) is 0 Å². The minimum Gasteiger partial charge on any atom is -0.481 e. The average Bonchev–Trinajstić information content (AvgIpc) is 2.55. The Balaban J connectivity index is 1.72. The summed E-state index contributed by atoms with van der Waals surface area (Å²) in [5, 5.41) is 9.50. The molecule has 1 N–H and O–H groups in total. The molecule has 5 heteroatoms. The molecule has 1 aliphatic rings. The van der Waals surface area contributed by atoms with E-state index in [0.29, 0.717) is 25.3 Å². The van der Waals surface area contributed by atoms with Gasteiger partial charge < -0.3 is 10.0 Å². The first kappa shape index (κ1) is 17.8. The third-order valence-electron chi connectivity index (χ3n) is 4.41. The first-order valence-electron chi connectivity index (χ1n) is 8.28. The number of piperidine rings is 1. The number of aliphatic carboxylic acids is 1. The van der Waals surface area contributed by atoms with Crippen LogP contribution in [0.1, 0.15) is 44.1 Å². The van der Waals surface area contributed by atoms with Crippen LogP contribution in [-0.4, -0.2) is 35.0 Å².